The third-order valence-corrected chi connectivity index (χ3v) is 5.44. The van der Waals surface area contributed by atoms with E-state index in [0.29, 0.717) is 55.3 Å². The van der Waals surface area contributed by atoms with E-state index in [1.165, 1.54) is 13.2 Å². The number of aliphatic hydroxyl groups excluding tert-OH is 1. The molecule has 3 aromatic rings. The Hall–Kier alpha value is -4.02. The van der Waals surface area contributed by atoms with E-state index in [0.717, 1.165) is 11.1 Å². The molecule has 0 aliphatic carbocycles. The fourth-order valence-electron chi connectivity index (χ4n) is 3.50. The summed E-state index contributed by atoms with van der Waals surface area (Å²) in [5, 5.41) is 12.1. The highest BCUT2D eigenvalue weighted by atomic mass is 16.5. The number of carbonyl (C=O) groups excluding carboxylic acids is 1. The summed E-state index contributed by atoms with van der Waals surface area (Å²) in [5.74, 6) is 1.53. The van der Waals surface area contributed by atoms with Crippen molar-refractivity contribution in [3.8, 4) is 17.5 Å². The summed E-state index contributed by atoms with van der Waals surface area (Å²) in [6.45, 7) is 4.66. The van der Waals surface area contributed by atoms with Gasteiger partial charge < -0.3 is 29.5 Å². The van der Waals surface area contributed by atoms with Gasteiger partial charge in [-0.05, 0) is 30.7 Å². The Morgan fingerprint density at radius 3 is 2.61 bits per heavy atom. The first-order valence-corrected chi connectivity index (χ1v) is 11.6. The Morgan fingerprint density at radius 2 is 1.89 bits per heavy atom. The van der Waals surface area contributed by atoms with E-state index in [2.05, 4.69) is 20.3 Å². The average Bonchev–Trinajstić information content (AvgIpc) is 2.92. The second kappa shape index (κ2) is 12.1. The van der Waals surface area contributed by atoms with Crippen LogP contribution in [0.4, 0.5) is 11.9 Å². The number of ether oxygens (including phenoxy) is 3. The lowest BCUT2D eigenvalue weighted by atomic mass is 10.1. The zero-order valence-corrected chi connectivity index (χ0v) is 20.3. The lowest BCUT2D eigenvalue weighted by Crippen LogP contribution is -2.37. The van der Waals surface area contributed by atoms with Gasteiger partial charge in [-0.15, -0.1) is 0 Å². The highest BCUT2D eigenvalue weighted by Crippen LogP contribution is 2.32. The molecule has 0 radical (unpaired) electrons. The molecule has 2 heterocycles. The number of nitrogens with one attached hydrogen (secondary N) is 1. The third-order valence-electron chi connectivity index (χ3n) is 5.44. The molecule has 1 aromatic heterocycles. The molecule has 0 amide bonds. The second-order valence-electron chi connectivity index (χ2n) is 8.07. The van der Waals surface area contributed by atoms with Crippen LogP contribution in [0, 0.1) is 6.92 Å². The van der Waals surface area contributed by atoms with Crippen LogP contribution >= 0.6 is 0 Å². The lowest BCUT2D eigenvalue weighted by Gasteiger charge is -2.27. The molecule has 10 heteroatoms. The smallest absolute Gasteiger partial charge is 0.328 e. The van der Waals surface area contributed by atoms with E-state index in [1.807, 2.05) is 42.2 Å². The maximum atomic E-state index is 12.5. The van der Waals surface area contributed by atoms with Crippen LogP contribution in [-0.2, 0) is 4.74 Å². The number of hydrogen-bond acceptors (Lipinski definition) is 10. The monoisotopic (exact) mass is 491 g/mol. The molecule has 188 valence electrons. The molecule has 2 N–H and O–H groups in total. The molecule has 1 aliphatic rings. The van der Waals surface area contributed by atoms with Gasteiger partial charge in [0.1, 0.15) is 0 Å². The fraction of sp³-hybridized carbons (Fsp3) is 0.308. The SMILES string of the molecule is COc1cc(/C=C/C(=O)c2ccc(C)cc2)ccc1Oc1nc(NCCO)nc(N2CCOCC2)n1. The van der Waals surface area contributed by atoms with Crippen LogP contribution < -0.4 is 19.7 Å². The predicted molar refractivity (Wildman–Crippen MR) is 136 cm³/mol. The predicted octanol–water partition coefficient (Wildman–Crippen LogP) is 3.12. The third kappa shape index (κ3) is 6.55. The Morgan fingerprint density at radius 1 is 1.11 bits per heavy atom. The van der Waals surface area contributed by atoms with Crippen molar-refractivity contribution in [2.45, 2.75) is 6.92 Å². The first-order chi connectivity index (χ1) is 17.6. The number of benzene rings is 2. The first-order valence-electron chi connectivity index (χ1n) is 11.6. The number of anilines is 2. The number of aryl methyl sites for hydroxylation is 1. The molecule has 0 spiro atoms. The first kappa shape index (κ1) is 25.1. The fourth-order valence-corrected chi connectivity index (χ4v) is 3.50. The van der Waals surface area contributed by atoms with Gasteiger partial charge in [0.2, 0.25) is 11.9 Å². The van der Waals surface area contributed by atoms with Crippen LogP contribution in [0.25, 0.3) is 6.08 Å². The molecular formula is C26H29N5O5. The van der Waals surface area contributed by atoms with Crippen molar-refractivity contribution in [2.24, 2.45) is 0 Å². The number of methoxy groups -OCH3 is 1. The van der Waals surface area contributed by atoms with Gasteiger partial charge in [0.05, 0.1) is 26.9 Å². The van der Waals surface area contributed by atoms with Gasteiger partial charge in [0.15, 0.2) is 17.3 Å². The number of aliphatic hydroxyl groups is 1. The zero-order chi connectivity index (χ0) is 25.3. The van der Waals surface area contributed by atoms with Crippen molar-refractivity contribution in [1.29, 1.82) is 0 Å². The number of morpholine rings is 1. The van der Waals surface area contributed by atoms with Crippen LogP contribution in [0.1, 0.15) is 21.5 Å². The summed E-state index contributed by atoms with van der Waals surface area (Å²) in [6.07, 6.45) is 3.25. The summed E-state index contributed by atoms with van der Waals surface area (Å²) < 4.78 is 16.9. The summed E-state index contributed by atoms with van der Waals surface area (Å²) in [4.78, 5) is 27.7. The van der Waals surface area contributed by atoms with E-state index in [4.69, 9.17) is 19.3 Å². The average molecular weight is 492 g/mol. The van der Waals surface area contributed by atoms with Crippen LogP contribution in [0.3, 0.4) is 0 Å². The standard InChI is InChI=1S/C26H29N5O5/c1-18-3-7-20(8-4-18)21(33)9-5-19-6-10-22(23(17-19)34-2)36-26-29-24(27-11-14-32)28-25(30-26)31-12-15-35-16-13-31/h3-10,17,32H,11-16H2,1-2H3,(H,27,28,29,30)/b9-5+. The van der Waals surface area contributed by atoms with Gasteiger partial charge in [-0.2, -0.15) is 15.0 Å². The molecule has 0 saturated carbocycles. The number of nitrogens with zero attached hydrogens (tertiary/aromatic N) is 4. The summed E-state index contributed by atoms with van der Waals surface area (Å²) in [6, 6.07) is 12.8. The van der Waals surface area contributed by atoms with E-state index in [1.54, 1.807) is 18.2 Å². The number of rotatable bonds is 10. The van der Waals surface area contributed by atoms with E-state index < -0.39 is 0 Å². The van der Waals surface area contributed by atoms with Gasteiger partial charge in [-0.3, -0.25) is 4.79 Å². The van der Waals surface area contributed by atoms with Gasteiger partial charge in [-0.25, -0.2) is 0 Å². The molecule has 1 saturated heterocycles. The number of allylic oxidation sites excluding steroid dienone is 1. The number of aromatic nitrogens is 3. The summed E-state index contributed by atoms with van der Waals surface area (Å²) in [5.41, 5.74) is 2.50. The van der Waals surface area contributed by atoms with Crippen LogP contribution in [0.15, 0.2) is 48.5 Å². The topological polar surface area (TPSA) is 119 Å². The highest BCUT2D eigenvalue weighted by Gasteiger charge is 2.18. The molecule has 36 heavy (non-hydrogen) atoms. The normalized spacial score (nSPS) is 13.6. The second-order valence-corrected chi connectivity index (χ2v) is 8.07. The minimum atomic E-state index is -0.0852. The molecule has 4 rings (SSSR count). The molecule has 0 unspecified atom stereocenters. The van der Waals surface area contributed by atoms with Crippen molar-refractivity contribution < 1.29 is 24.1 Å². The Kier molecular flexibility index (Phi) is 8.43. The van der Waals surface area contributed by atoms with Crippen molar-refractivity contribution in [3.63, 3.8) is 0 Å². The van der Waals surface area contributed by atoms with Crippen LogP contribution in [0.5, 0.6) is 17.5 Å². The minimum Gasteiger partial charge on any atom is -0.493 e. The molecule has 1 fully saturated rings. The maximum Gasteiger partial charge on any atom is 0.328 e. The van der Waals surface area contributed by atoms with Crippen molar-refractivity contribution in [3.05, 3.63) is 65.2 Å². The Balaban J connectivity index is 1.53. The minimum absolute atomic E-state index is 0.0655. The van der Waals surface area contributed by atoms with E-state index >= 15 is 0 Å². The van der Waals surface area contributed by atoms with Gasteiger partial charge >= 0.3 is 6.01 Å². The molecular weight excluding hydrogens is 462 g/mol. The largest absolute Gasteiger partial charge is 0.493 e. The maximum absolute atomic E-state index is 12.5. The van der Waals surface area contributed by atoms with Crippen LogP contribution in [-0.4, -0.2) is 72.4 Å². The van der Waals surface area contributed by atoms with Gasteiger partial charge in [0.25, 0.3) is 0 Å². The summed E-state index contributed by atoms with van der Waals surface area (Å²) in [7, 11) is 1.54. The van der Waals surface area contributed by atoms with E-state index in [-0.39, 0.29) is 24.9 Å². The number of ketones is 1. The van der Waals surface area contributed by atoms with Crippen molar-refractivity contribution in [2.75, 3.05) is 56.8 Å². The Labute approximate surface area is 209 Å². The zero-order valence-electron chi connectivity index (χ0n) is 20.3. The number of hydrogen-bond donors (Lipinski definition) is 2. The molecule has 0 bridgehead atoms. The highest BCUT2D eigenvalue weighted by molar-refractivity contribution is 6.06. The van der Waals surface area contributed by atoms with Crippen molar-refractivity contribution >= 4 is 23.8 Å². The van der Waals surface area contributed by atoms with Crippen molar-refractivity contribution in [1.82, 2.24) is 15.0 Å². The summed E-state index contributed by atoms with van der Waals surface area (Å²) >= 11 is 0. The van der Waals surface area contributed by atoms with Gasteiger partial charge in [-0.1, -0.05) is 42.0 Å². The van der Waals surface area contributed by atoms with Crippen LogP contribution in [0.2, 0.25) is 0 Å². The Bertz CT molecular complexity index is 1210. The molecule has 0 atom stereocenters. The molecule has 2 aromatic carbocycles. The van der Waals surface area contributed by atoms with Gasteiger partial charge in [0, 0.05) is 25.2 Å². The number of carbonyl (C=O) groups is 1. The molecule has 10 nitrogen and oxygen atoms in total. The molecule has 1 aliphatic heterocycles. The quantitative estimate of drug-likeness (QED) is 0.323. The lowest BCUT2D eigenvalue weighted by molar-refractivity contribution is 0.104. The van der Waals surface area contributed by atoms with E-state index in [9.17, 15) is 4.79 Å².